The molecule has 0 bridgehead atoms. The van der Waals surface area contributed by atoms with Crippen molar-refractivity contribution in [3.8, 4) is 5.75 Å². The van der Waals surface area contributed by atoms with Crippen LogP contribution in [0.15, 0.2) is 59.1 Å². The molecule has 2 aromatic carbocycles. The van der Waals surface area contributed by atoms with Gasteiger partial charge in [0, 0.05) is 11.5 Å². The van der Waals surface area contributed by atoms with Crippen LogP contribution in [0.1, 0.15) is 21.8 Å². The normalized spacial score (nSPS) is 24.4. The first-order valence-electron chi connectivity index (χ1n) is 9.46. The first-order valence-corrected chi connectivity index (χ1v) is 10.3. The fourth-order valence-electron chi connectivity index (χ4n) is 4.39. The van der Waals surface area contributed by atoms with Gasteiger partial charge in [-0.05, 0) is 18.2 Å². The average Bonchev–Trinajstić information content (AvgIpc) is 3.02. The number of nitrogens with zero attached hydrogens (tertiary/aromatic N) is 1. The Morgan fingerprint density at radius 1 is 1.06 bits per heavy atom. The second kappa shape index (κ2) is 6.98. The molecule has 3 atom stereocenters. The lowest BCUT2D eigenvalue weighted by Crippen LogP contribution is -2.39. The van der Waals surface area contributed by atoms with Gasteiger partial charge in [-0.2, -0.15) is 0 Å². The summed E-state index contributed by atoms with van der Waals surface area (Å²) in [5.74, 6) is -3.51. The molecule has 2 amide bonds. The lowest BCUT2D eigenvalue weighted by Gasteiger charge is -2.36. The summed E-state index contributed by atoms with van der Waals surface area (Å²) in [7, 11) is 1.23. The van der Waals surface area contributed by atoms with Gasteiger partial charge in [0.1, 0.15) is 11.0 Å². The quantitative estimate of drug-likeness (QED) is 0.431. The van der Waals surface area contributed by atoms with Crippen molar-refractivity contribution < 1.29 is 28.7 Å². The van der Waals surface area contributed by atoms with E-state index in [1.54, 1.807) is 36.4 Å². The van der Waals surface area contributed by atoms with E-state index in [0.717, 1.165) is 16.7 Å². The van der Waals surface area contributed by atoms with Gasteiger partial charge in [0.15, 0.2) is 0 Å². The Morgan fingerprint density at radius 2 is 1.77 bits per heavy atom. The fourth-order valence-corrected chi connectivity index (χ4v) is 5.63. The van der Waals surface area contributed by atoms with Crippen LogP contribution >= 0.6 is 11.8 Å². The molecule has 0 aromatic heterocycles. The van der Waals surface area contributed by atoms with Crippen molar-refractivity contribution >= 4 is 41.2 Å². The van der Waals surface area contributed by atoms with E-state index < -0.39 is 40.8 Å². The molecule has 3 heterocycles. The van der Waals surface area contributed by atoms with Crippen LogP contribution in [0.5, 0.6) is 5.75 Å². The van der Waals surface area contributed by atoms with Gasteiger partial charge in [-0.15, -0.1) is 0 Å². The standard InChI is InChI=1S/C22H16N2O6S/c1-29-21(27)10-6-2-4-8-12(10)24-19(25)15-14-11-7-3-5-9-13(11)30-22(28)16(14)18(23)31-17(15)20(24)26/h2-9,14-15,17H,23H2,1H3/t14-,15+,17+/m1/s1. The van der Waals surface area contributed by atoms with Crippen molar-refractivity contribution in [1.82, 2.24) is 0 Å². The summed E-state index contributed by atoms with van der Waals surface area (Å²) in [6.45, 7) is 0. The SMILES string of the molecule is COC(=O)c1ccccc1N1C(=O)[C@@H]2[C@H](SC(N)=C3C(=O)Oc4ccccc4[C@@H]32)C1=O. The Kier molecular flexibility index (Phi) is 4.37. The largest absolute Gasteiger partial charge is 0.465 e. The number of ether oxygens (including phenoxy) is 2. The van der Waals surface area contributed by atoms with Crippen LogP contribution in [0, 0.1) is 5.92 Å². The number of thioether (sulfide) groups is 1. The monoisotopic (exact) mass is 436 g/mol. The number of nitrogens with two attached hydrogens (primary N) is 1. The molecule has 9 heteroatoms. The molecule has 2 aromatic rings. The third kappa shape index (κ3) is 2.70. The van der Waals surface area contributed by atoms with Crippen LogP contribution in [-0.4, -0.2) is 36.1 Å². The van der Waals surface area contributed by atoms with Crippen molar-refractivity contribution in [1.29, 1.82) is 0 Å². The first kappa shape index (κ1) is 19.4. The summed E-state index contributed by atoms with van der Waals surface area (Å²) >= 11 is 0.980. The number of esters is 2. The number of carbonyl (C=O) groups is 4. The lowest BCUT2D eigenvalue weighted by molar-refractivity contribution is -0.131. The number of benzene rings is 2. The van der Waals surface area contributed by atoms with Gasteiger partial charge in [-0.3, -0.25) is 9.59 Å². The van der Waals surface area contributed by atoms with Crippen molar-refractivity contribution in [2.75, 3.05) is 12.0 Å². The van der Waals surface area contributed by atoms with Crippen LogP contribution < -0.4 is 15.4 Å². The summed E-state index contributed by atoms with van der Waals surface area (Å²) in [6, 6.07) is 13.1. The van der Waals surface area contributed by atoms with E-state index in [1.807, 2.05) is 0 Å². The van der Waals surface area contributed by atoms with E-state index in [0.29, 0.717) is 11.3 Å². The number of amides is 2. The third-order valence-corrected chi connectivity index (χ3v) is 6.93. The number of fused-ring (bicyclic) bond motifs is 5. The molecule has 0 unspecified atom stereocenters. The Bertz CT molecular complexity index is 1210. The molecule has 156 valence electrons. The molecule has 3 aliphatic heterocycles. The van der Waals surface area contributed by atoms with Gasteiger partial charge in [-0.25, -0.2) is 14.5 Å². The summed E-state index contributed by atoms with van der Waals surface area (Å²) in [6.07, 6.45) is 0. The molecule has 5 rings (SSSR count). The molecular formula is C22H16N2O6S. The number of methoxy groups -OCH3 is 1. The predicted molar refractivity (Wildman–Crippen MR) is 111 cm³/mol. The summed E-state index contributed by atoms with van der Waals surface area (Å²) in [5, 5.41) is -0.666. The van der Waals surface area contributed by atoms with Gasteiger partial charge in [0.05, 0.1) is 34.9 Å². The maximum Gasteiger partial charge on any atom is 0.342 e. The molecule has 0 radical (unpaired) electrons. The lowest BCUT2D eigenvalue weighted by atomic mass is 9.77. The van der Waals surface area contributed by atoms with E-state index in [-0.39, 0.29) is 21.9 Å². The summed E-state index contributed by atoms with van der Waals surface area (Å²) in [5.41, 5.74) is 7.23. The minimum absolute atomic E-state index is 0.0972. The van der Waals surface area contributed by atoms with Crippen LogP contribution in [0.2, 0.25) is 0 Å². The predicted octanol–water partition coefficient (Wildman–Crippen LogP) is 1.95. The second-order valence-electron chi connectivity index (χ2n) is 7.27. The van der Waals surface area contributed by atoms with E-state index in [1.165, 1.54) is 19.2 Å². The molecule has 3 aliphatic rings. The maximum absolute atomic E-state index is 13.6. The Hall–Kier alpha value is -3.59. The maximum atomic E-state index is 13.6. The number of hydrogen-bond donors (Lipinski definition) is 1. The number of para-hydroxylation sites is 2. The number of imide groups is 1. The van der Waals surface area contributed by atoms with E-state index >= 15 is 0 Å². The van der Waals surface area contributed by atoms with Crippen molar-refractivity contribution in [2.45, 2.75) is 11.2 Å². The smallest absolute Gasteiger partial charge is 0.342 e. The zero-order chi connectivity index (χ0) is 21.9. The fraction of sp³-hybridized carbons (Fsp3) is 0.182. The second-order valence-corrected chi connectivity index (χ2v) is 8.45. The highest BCUT2D eigenvalue weighted by molar-refractivity contribution is 8.04. The van der Waals surface area contributed by atoms with Gasteiger partial charge in [0.25, 0.3) is 0 Å². The number of rotatable bonds is 2. The van der Waals surface area contributed by atoms with Crippen LogP contribution in [0.3, 0.4) is 0 Å². The van der Waals surface area contributed by atoms with E-state index in [4.69, 9.17) is 15.2 Å². The topological polar surface area (TPSA) is 116 Å². The number of carbonyl (C=O) groups excluding carboxylic acids is 4. The highest BCUT2D eigenvalue weighted by Gasteiger charge is 2.59. The van der Waals surface area contributed by atoms with Gasteiger partial charge < -0.3 is 15.2 Å². The molecule has 0 saturated carbocycles. The minimum atomic E-state index is -0.862. The molecule has 2 N–H and O–H groups in total. The Morgan fingerprint density at radius 3 is 2.55 bits per heavy atom. The Balaban J connectivity index is 1.66. The molecular weight excluding hydrogens is 420 g/mol. The summed E-state index contributed by atoms with van der Waals surface area (Å²) < 4.78 is 10.2. The zero-order valence-electron chi connectivity index (χ0n) is 16.2. The van der Waals surface area contributed by atoms with Gasteiger partial charge >= 0.3 is 11.9 Å². The zero-order valence-corrected chi connectivity index (χ0v) is 17.0. The molecule has 1 saturated heterocycles. The van der Waals surface area contributed by atoms with Crippen molar-refractivity contribution in [3.05, 3.63) is 70.3 Å². The van der Waals surface area contributed by atoms with Crippen LogP contribution in [0.4, 0.5) is 5.69 Å². The number of anilines is 1. The molecule has 0 spiro atoms. The van der Waals surface area contributed by atoms with Crippen molar-refractivity contribution in [2.24, 2.45) is 11.7 Å². The highest BCUT2D eigenvalue weighted by Crippen LogP contribution is 2.54. The molecule has 8 nitrogen and oxygen atoms in total. The van der Waals surface area contributed by atoms with Crippen LogP contribution in [-0.2, 0) is 19.1 Å². The third-order valence-electron chi connectivity index (χ3n) is 5.71. The summed E-state index contributed by atoms with van der Waals surface area (Å²) in [4.78, 5) is 52.9. The molecule has 31 heavy (non-hydrogen) atoms. The average molecular weight is 436 g/mol. The van der Waals surface area contributed by atoms with Crippen molar-refractivity contribution in [3.63, 3.8) is 0 Å². The minimum Gasteiger partial charge on any atom is -0.465 e. The van der Waals surface area contributed by atoms with Gasteiger partial charge in [-0.1, -0.05) is 42.1 Å². The Labute approximate surface area is 181 Å². The highest BCUT2D eigenvalue weighted by atomic mass is 32.2. The van der Waals surface area contributed by atoms with E-state index in [2.05, 4.69) is 0 Å². The van der Waals surface area contributed by atoms with Crippen LogP contribution in [0.25, 0.3) is 0 Å². The van der Waals surface area contributed by atoms with E-state index in [9.17, 15) is 19.2 Å². The van der Waals surface area contributed by atoms with Gasteiger partial charge in [0.2, 0.25) is 11.8 Å². The first-order chi connectivity index (χ1) is 14.9. The number of hydrogen-bond acceptors (Lipinski definition) is 8. The molecule has 1 fully saturated rings. The molecule has 0 aliphatic carbocycles.